The number of aryl methyl sites for hydroxylation is 1. The number of rotatable bonds is 6. The molecule has 0 N–H and O–H groups in total. The maximum atomic E-state index is 12.3. The predicted molar refractivity (Wildman–Crippen MR) is 80.5 cm³/mol. The fourth-order valence-corrected chi connectivity index (χ4v) is 2.21. The molecule has 0 aliphatic rings. The minimum atomic E-state index is -0.309. The quantitative estimate of drug-likeness (QED) is 0.599. The molecular formula is C14H19ClN2O3. The Morgan fingerprint density at radius 3 is 2.75 bits per heavy atom. The largest absolute Gasteiger partial charge is 0.399 e. The van der Waals surface area contributed by atoms with Crippen molar-refractivity contribution in [3.8, 4) is 0 Å². The second-order valence-corrected chi connectivity index (χ2v) is 4.69. The van der Waals surface area contributed by atoms with Gasteiger partial charge in [0.15, 0.2) is 0 Å². The third kappa shape index (κ3) is 3.95. The molecule has 1 unspecified atom stereocenters. The van der Waals surface area contributed by atoms with Gasteiger partial charge in [0, 0.05) is 7.11 Å². The molecule has 0 saturated carbocycles. The first-order valence-corrected chi connectivity index (χ1v) is 6.53. The van der Waals surface area contributed by atoms with E-state index in [1.807, 2.05) is 26.0 Å². The summed E-state index contributed by atoms with van der Waals surface area (Å²) < 4.78 is 4.93. The Bertz CT molecular complexity index is 471. The van der Waals surface area contributed by atoms with Crippen LogP contribution in [-0.2, 0) is 14.4 Å². The van der Waals surface area contributed by atoms with Crippen molar-refractivity contribution in [3.63, 3.8) is 0 Å². The zero-order valence-electron chi connectivity index (χ0n) is 12.1. The SMILES string of the molecule is COCC(=O)N(c1c(C)cccc1Cl)C(C)/C=N/OC. The van der Waals surface area contributed by atoms with E-state index in [-0.39, 0.29) is 18.6 Å². The molecule has 0 aliphatic heterocycles. The zero-order chi connectivity index (χ0) is 15.1. The summed E-state index contributed by atoms with van der Waals surface area (Å²) in [4.78, 5) is 18.5. The molecule has 6 heteroatoms. The number of carbonyl (C=O) groups excluding carboxylic acids is 1. The number of hydrogen-bond donors (Lipinski definition) is 0. The van der Waals surface area contributed by atoms with Crippen molar-refractivity contribution in [2.45, 2.75) is 19.9 Å². The molecule has 20 heavy (non-hydrogen) atoms. The Labute approximate surface area is 124 Å². The van der Waals surface area contributed by atoms with Gasteiger partial charge in [-0.1, -0.05) is 28.9 Å². The number of ether oxygens (including phenoxy) is 1. The number of para-hydroxylation sites is 1. The molecule has 1 atom stereocenters. The smallest absolute Gasteiger partial charge is 0.253 e. The number of methoxy groups -OCH3 is 1. The van der Waals surface area contributed by atoms with Gasteiger partial charge >= 0.3 is 0 Å². The predicted octanol–water partition coefficient (Wildman–Crippen LogP) is 2.65. The van der Waals surface area contributed by atoms with Crippen LogP contribution in [0.2, 0.25) is 5.02 Å². The Balaban J connectivity index is 3.23. The van der Waals surface area contributed by atoms with Gasteiger partial charge in [-0.3, -0.25) is 4.79 Å². The van der Waals surface area contributed by atoms with E-state index in [0.717, 1.165) is 5.56 Å². The highest BCUT2D eigenvalue weighted by Gasteiger charge is 2.24. The van der Waals surface area contributed by atoms with Gasteiger partial charge in [0.05, 0.1) is 23.0 Å². The van der Waals surface area contributed by atoms with Crippen LogP contribution in [-0.4, -0.2) is 39.0 Å². The van der Waals surface area contributed by atoms with Crippen molar-refractivity contribution < 1.29 is 14.4 Å². The molecule has 110 valence electrons. The average molecular weight is 299 g/mol. The summed E-state index contributed by atoms with van der Waals surface area (Å²) in [6, 6.07) is 5.18. The number of benzene rings is 1. The average Bonchev–Trinajstić information content (AvgIpc) is 2.40. The standard InChI is InChI=1S/C14H19ClN2O3/c1-10-6-5-7-12(15)14(10)17(13(18)9-19-3)11(2)8-16-20-4/h5-8,11H,9H2,1-4H3/b16-8+. The summed E-state index contributed by atoms with van der Waals surface area (Å²) in [7, 11) is 2.93. The van der Waals surface area contributed by atoms with Crippen molar-refractivity contribution in [1.82, 2.24) is 0 Å². The van der Waals surface area contributed by atoms with Crippen LogP contribution >= 0.6 is 11.6 Å². The van der Waals surface area contributed by atoms with Crippen LogP contribution in [0, 0.1) is 6.92 Å². The second-order valence-electron chi connectivity index (χ2n) is 4.28. The Morgan fingerprint density at radius 2 is 2.20 bits per heavy atom. The molecule has 0 bridgehead atoms. The van der Waals surface area contributed by atoms with Gasteiger partial charge in [0.25, 0.3) is 5.91 Å². The van der Waals surface area contributed by atoms with Crippen molar-refractivity contribution in [2.75, 3.05) is 25.7 Å². The molecule has 0 aliphatic carbocycles. The third-order valence-electron chi connectivity index (χ3n) is 2.76. The maximum Gasteiger partial charge on any atom is 0.253 e. The number of carbonyl (C=O) groups is 1. The molecule has 0 aromatic heterocycles. The number of amides is 1. The molecule has 1 aromatic carbocycles. The number of oxime groups is 1. The highest BCUT2D eigenvalue weighted by Crippen LogP contribution is 2.30. The first kappa shape index (κ1) is 16.5. The number of hydrogen-bond acceptors (Lipinski definition) is 4. The molecule has 0 radical (unpaired) electrons. The van der Waals surface area contributed by atoms with Gasteiger partial charge in [-0.2, -0.15) is 0 Å². The van der Waals surface area contributed by atoms with Gasteiger partial charge in [0.2, 0.25) is 0 Å². The Hall–Kier alpha value is -1.59. The lowest BCUT2D eigenvalue weighted by Crippen LogP contribution is -2.42. The first-order valence-electron chi connectivity index (χ1n) is 6.15. The molecule has 0 fully saturated rings. The summed E-state index contributed by atoms with van der Waals surface area (Å²) in [5.41, 5.74) is 1.56. The van der Waals surface area contributed by atoms with E-state index in [2.05, 4.69) is 9.99 Å². The molecule has 0 saturated heterocycles. The van der Waals surface area contributed by atoms with Crippen molar-refractivity contribution in [1.29, 1.82) is 0 Å². The van der Waals surface area contributed by atoms with Gasteiger partial charge < -0.3 is 14.5 Å². The van der Waals surface area contributed by atoms with Crippen LogP contribution < -0.4 is 4.90 Å². The maximum absolute atomic E-state index is 12.3. The molecular weight excluding hydrogens is 280 g/mol. The van der Waals surface area contributed by atoms with E-state index in [9.17, 15) is 4.79 Å². The van der Waals surface area contributed by atoms with E-state index in [1.165, 1.54) is 20.4 Å². The summed E-state index contributed by atoms with van der Waals surface area (Å²) in [6.45, 7) is 3.70. The third-order valence-corrected chi connectivity index (χ3v) is 3.06. The lowest BCUT2D eigenvalue weighted by atomic mass is 10.1. The molecule has 1 aromatic rings. The highest BCUT2D eigenvalue weighted by molar-refractivity contribution is 6.34. The van der Waals surface area contributed by atoms with Crippen LogP contribution in [0.3, 0.4) is 0 Å². The van der Waals surface area contributed by atoms with Gasteiger partial charge in [-0.15, -0.1) is 0 Å². The summed E-state index contributed by atoms with van der Waals surface area (Å²) >= 11 is 6.24. The highest BCUT2D eigenvalue weighted by atomic mass is 35.5. The molecule has 5 nitrogen and oxygen atoms in total. The number of nitrogens with zero attached hydrogens (tertiary/aromatic N) is 2. The van der Waals surface area contributed by atoms with Crippen LogP contribution in [0.4, 0.5) is 5.69 Å². The second kappa shape index (κ2) is 7.87. The van der Waals surface area contributed by atoms with Crippen LogP contribution in [0.25, 0.3) is 0 Å². The van der Waals surface area contributed by atoms with E-state index < -0.39 is 0 Å². The summed E-state index contributed by atoms with van der Waals surface area (Å²) in [5.74, 6) is -0.196. The molecule has 1 amide bonds. The fourth-order valence-electron chi connectivity index (χ4n) is 1.89. The first-order chi connectivity index (χ1) is 9.52. The Kier molecular flexibility index (Phi) is 6.48. The summed E-state index contributed by atoms with van der Waals surface area (Å²) in [6.07, 6.45) is 1.54. The molecule has 0 spiro atoms. The minimum Gasteiger partial charge on any atom is -0.399 e. The van der Waals surface area contributed by atoms with E-state index in [0.29, 0.717) is 10.7 Å². The van der Waals surface area contributed by atoms with E-state index in [1.54, 1.807) is 11.0 Å². The Morgan fingerprint density at radius 1 is 1.50 bits per heavy atom. The lowest BCUT2D eigenvalue weighted by molar-refractivity contribution is -0.122. The van der Waals surface area contributed by atoms with Crippen molar-refractivity contribution in [3.05, 3.63) is 28.8 Å². The van der Waals surface area contributed by atoms with Crippen molar-refractivity contribution >= 4 is 29.4 Å². The topological polar surface area (TPSA) is 51.1 Å². The normalized spacial score (nSPS) is 12.4. The van der Waals surface area contributed by atoms with Crippen LogP contribution in [0.1, 0.15) is 12.5 Å². The van der Waals surface area contributed by atoms with Gasteiger partial charge in [-0.25, -0.2) is 0 Å². The van der Waals surface area contributed by atoms with Crippen LogP contribution in [0.5, 0.6) is 0 Å². The number of halogens is 1. The molecule has 1 rings (SSSR count). The van der Waals surface area contributed by atoms with Gasteiger partial charge in [0.1, 0.15) is 13.7 Å². The minimum absolute atomic E-state index is 0.0319. The summed E-state index contributed by atoms with van der Waals surface area (Å²) in [5, 5.41) is 4.22. The monoisotopic (exact) mass is 298 g/mol. The molecule has 0 heterocycles. The zero-order valence-corrected chi connectivity index (χ0v) is 12.8. The van der Waals surface area contributed by atoms with Crippen LogP contribution in [0.15, 0.2) is 23.4 Å². The van der Waals surface area contributed by atoms with Gasteiger partial charge in [-0.05, 0) is 25.5 Å². The van der Waals surface area contributed by atoms with Crippen molar-refractivity contribution in [2.24, 2.45) is 5.16 Å². The lowest BCUT2D eigenvalue weighted by Gasteiger charge is -2.28. The number of anilines is 1. The van der Waals surface area contributed by atoms with E-state index in [4.69, 9.17) is 16.3 Å². The van der Waals surface area contributed by atoms with E-state index >= 15 is 0 Å². The fraction of sp³-hybridized carbons (Fsp3) is 0.429.